The fourth-order valence-corrected chi connectivity index (χ4v) is 3.29. The van der Waals surface area contributed by atoms with Crippen molar-refractivity contribution in [3.8, 4) is 0 Å². The smallest absolute Gasteiger partial charge is 0.155 e. The summed E-state index contributed by atoms with van der Waals surface area (Å²) in [5.74, 6) is 3.46. The minimum atomic E-state index is 0.267. The van der Waals surface area contributed by atoms with Crippen LogP contribution in [0.15, 0.2) is 11.1 Å². The predicted octanol–water partition coefficient (Wildman–Crippen LogP) is 3.45. The third kappa shape index (κ3) is 2.88. The molecule has 0 saturated carbocycles. The molecule has 1 aliphatic rings. The summed E-state index contributed by atoms with van der Waals surface area (Å²) in [6, 6.07) is 0. The van der Waals surface area contributed by atoms with E-state index in [0.717, 1.165) is 12.0 Å². The van der Waals surface area contributed by atoms with Crippen LogP contribution in [0, 0.1) is 5.92 Å². The Morgan fingerprint density at radius 1 is 1.29 bits per heavy atom. The van der Waals surface area contributed by atoms with E-state index in [1.54, 1.807) is 6.92 Å². The van der Waals surface area contributed by atoms with Crippen LogP contribution in [-0.2, 0) is 4.79 Å². The van der Waals surface area contributed by atoms with Gasteiger partial charge in [-0.2, -0.15) is 11.8 Å². The summed E-state index contributed by atoms with van der Waals surface area (Å²) in [6.45, 7) is 5.93. The highest BCUT2D eigenvalue weighted by Crippen LogP contribution is 2.30. The summed E-state index contributed by atoms with van der Waals surface area (Å²) in [5, 5.41) is 0. The number of Topliss-reactive ketones (excluding diaryl/α,β-unsaturated/α-hetero) is 1. The molecule has 2 heteroatoms. The zero-order chi connectivity index (χ0) is 10.6. The molecule has 1 aliphatic heterocycles. The van der Waals surface area contributed by atoms with Crippen LogP contribution in [0.1, 0.15) is 40.0 Å². The van der Waals surface area contributed by atoms with Crippen LogP contribution in [0.2, 0.25) is 0 Å². The zero-order valence-electron chi connectivity index (χ0n) is 9.43. The average molecular weight is 212 g/mol. The van der Waals surface area contributed by atoms with Crippen LogP contribution in [-0.4, -0.2) is 17.3 Å². The van der Waals surface area contributed by atoms with Crippen molar-refractivity contribution in [2.45, 2.75) is 40.0 Å². The first-order valence-corrected chi connectivity index (χ1v) is 6.60. The van der Waals surface area contributed by atoms with Gasteiger partial charge >= 0.3 is 0 Å². The number of thioether (sulfide) groups is 1. The van der Waals surface area contributed by atoms with Crippen molar-refractivity contribution in [2.24, 2.45) is 5.92 Å². The predicted molar refractivity (Wildman–Crippen MR) is 63.7 cm³/mol. The van der Waals surface area contributed by atoms with E-state index in [0.29, 0.717) is 5.92 Å². The third-order valence-corrected chi connectivity index (χ3v) is 4.14. The van der Waals surface area contributed by atoms with Gasteiger partial charge in [-0.25, -0.2) is 0 Å². The summed E-state index contributed by atoms with van der Waals surface area (Å²) >= 11 is 2.04. The fraction of sp³-hybridized carbons (Fsp3) is 0.750. The van der Waals surface area contributed by atoms with E-state index in [1.807, 2.05) is 11.8 Å². The summed E-state index contributed by atoms with van der Waals surface area (Å²) in [4.78, 5) is 11.4. The molecule has 0 aromatic rings. The van der Waals surface area contributed by atoms with E-state index in [-0.39, 0.29) is 5.78 Å². The molecule has 0 atom stereocenters. The number of hydrogen-bond acceptors (Lipinski definition) is 2. The summed E-state index contributed by atoms with van der Waals surface area (Å²) in [7, 11) is 0. The maximum atomic E-state index is 11.4. The number of carbonyl (C=O) groups excluding carboxylic acids is 1. The van der Waals surface area contributed by atoms with Gasteiger partial charge in [0.25, 0.3) is 0 Å². The van der Waals surface area contributed by atoms with Crippen LogP contribution >= 0.6 is 11.8 Å². The molecule has 1 rings (SSSR count). The minimum Gasteiger partial charge on any atom is -0.295 e. The molecule has 0 unspecified atom stereocenters. The molecule has 0 aromatic heterocycles. The number of hydrogen-bond donors (Lipinski definition) is 0. The average Bonchev–Trinajstić information content (AvgIpc) is 2.19. The molecule has 14 heavy (non-hydrogen) atoms. The van der Waals surface area contributed by atoms with Gasteiger partial charge in [0.15, 0.2) is 5.78 Å². The van der Waals surface area contributed by atoms with Crippen LogP contribution in [0.3, 0.4) is 0 Å². The first-order chi connectivity index (χ1) is 6.66. The van der Waals surface area contributed by atoms with E-state index in [1.165, 1.54) is 29.9 Å². The molecule has 1 heterocycles. The molecule has 0 N–H and O–H groups in total. The number of carbonyl (C=O) groups is 1. The second-order valence-corrected chi connectivity index (χ2v) is 5.18. The number of ketones is 1. The van der Waals surface area contributed by atoms with Gasteiger partial charge in [0.1, 0.15) is 0 Å². The monoisotopic (exact) mass is 212 g/mol. The molecule has 1 fully saturated rings. The Kier molecular flexibility index (Phi) is 4.73. The van der Waals surface area contributed by atoms with Crippen molar-refractivity contribution in [2.75, 3.05) is 11.5 Å². The van der Waals surface area contributed by atoms with E-state index in [4.69, 9.17) is 0 Å². The molecular formula is C12H20OS. The quantitative estimate of drug-likeness (QED) is 0.667. The number of rotatable bonds is 3. The summed E-state index contributed by atoms with van der Waals surface area (Å²) in [5.41, 5.74) is 2.43. The van der Waals surface area contributed by atoms with Gasteiger partial charge in [-0.1, -0.05) is 12.5 Å². The molecule has 1 saturated heterocycles. The second-order valence-electron chi connectivity index (χ2n) is 3.96. The highest BCUT2D eigenvalue weighted by molar-refractivity contribution is 7.99. The molecule has 0 aromatic carbocycles. The molecule has 0 radical (unpaired) electrons. The Morgan fingerprint density at radius 2 is 1.86 bits per heavy atom. The van der Waals surface area contributed by atoms with E-state index < -0.39 is 0 Å². The van der Waals surface area contributed by atoms with Gasteiger partial charge in [-0.05, 0) is 56.1 Å². The normalized spacial score (nSPS) is 20.5. The molecule has 0 aliphatic carbocycles. The lowest BCUT2D eigenvalue weighted by Crippen LogP contribution is -2.14. The zero-order valence-corrected chi connectivity index (χ0v) is 10.2. The largest absolute Gasteiger partial charge is 0.295 e. The van der Waals surface area contributed by atoms with Crippen LogP contribution in [0.25, 0.3) is 0 Å². The Balaban J connectivity index is 2.76. The van der Waals surface area contributed by atoms with Crippen LogP contribution in [0.4, 0.5) is 0 Å². The molecule has 0 amide bonds. The van der Waals surface area contributed by atoms with E-state index >= 15 is 0 Å². The van der Waals surface area contributed by atoms with Gasteiger partial charge in [-0.3, -0.25) is 4.79 Å². The van der Waals surface area contributed by atoms with Crippen molar-refractivity contribution in [3.63, 3.8) is 0 Å². The van der Waals surface area contributed by atoms with E-state index in [9.17, 15) is 4.79 Å². The van der Waals surface area contributed by atoms with Crippen LogP contribution < -0.4 is 0 Å². The maximum absolute atomic E-state index is 11.4. The highest BCUT2D eigenvalue weighted by Gasteiger charge is 2.18. The molecule has 0 bridgehead atoms. The lowest BCUT2D eigenvalue weighted by molar-refractivity contribution is -0.113. The third-order valence-electron chi connectivity index (χ3n) is 3.09. The van der Waals surface area contributed by atoms with Gasteiger partial charge in [0, 0.05) is 0 Å². The standard InChI is InChI=1S/C12H20OS/c1-4-12(10(3)13)9(2)11-5-7-14-8-6-11/h11H,4-8H2,1-3H3/b12-9+. The van der Waals surface area contributed by atoms with Gasteiger partial charge in [-0.15, -0.1) is 0 Å². The van der Waals surface area contributed by atoms with E-state index in [2.05, 4.69) is 13.8 Å². The van der Waals surface area contributed by atoms with Crippen molar-refractivity contribution < 1.29 is 4.79 Å². The Hall–Kier alpha value is -0.240. The minimum absolute atomic E-state index is 0.267. The topological polar surface area (TPSA) is 17.1 Å². The summed E-state index contributed by atoms with van der Waals surface area (Å²) < 4.78 is 0. The highest BCUT2D eigenvalue weighted by atomic mass is 32.2. The summed E-state index contributed by atoms with van der Waals surface area (Å²) in [6.07, 6.45) is 3.41. The van der Waals surface area contributed by atoms with Crippen molar-refractivity contribution in [1.82, 2.24) is 0 Å². The molecule has 1 nitrogen and oxygen atoms in total. The Morgan fingerprint density at radius 3 is 2.29 bits per heavy atom. The SMILES string of the molecule is CC/C(C(C)=O)=C(/C)C1CCSCC1. The lowest BCUT2D eigenvalue weighted by atomic mass is 9.88. The molecule has 0 spiro atoms. The van der Waals surface area contributed by atoms with Crippen molar-refractivity contribution in [1.29, 1.82) is 0 Å². The maximum Gasteiger partial charge on any atom is 0.155 e. The molecule has 80 valence electrons. The van der Waals surface area contributed by atoms with Gasteiger partial charge in [0.05, 0.1) is 0 Å². The van der Waals surface area contributed by atoms with Crippen LogP contribution in [0.5, 0.6) is 0 Å². The Labute approximate surface area is 91.3 Å². The first-order valence-electron chi connectivity index (χ1n) is 5.45. The number of allylic oxidation sites excluding steroid dienone is 2. The van der Waals surface area contributed by atoms with Gasteiger partial charge < -0.3 is 0 Å². The molecular weight excluding hydrogens is 192 g/mol. The fourth-order valence-electron chi connectivity index (χ4n) is 2.18. The van der Waals surface area contributed by atoms with Crippen molar-refractivity contribution >= 4 is 17.5 Å². The lowest BCUT2D eigenvalue weighted by Gasteiger charge is -2.24. The Bertz CT molecular complexity index is 237. The first kappa shape index (κ1) is 11.8. The van der Waals surface area contributed by atoms with Crippen molar-refractivity contribution in [3.05, 3.63) is 11.1 Å². The second kappa shape index (κ2) is 5.59. The van der Waals surface area contributed by atoms with Gasteiger partial charge in [0.2, 0.25) is 0 Å².